The predicted molar refractivity (Wildman–Crippen MR) is 198 cm³/mol. The second kappa shape index (κ2) is 16.5. The fraction of sp³-hybridized carbons (Fsp3) is 0.300. The highest BCUT2D eigenvalue weighted by atomic mass is 35.5. The van der Waals surface area contributed by atoms with E-state index < -0.39 is 11.1 Å². The van der Waals surface area contributed by atoms with Crippen LogP contribution in [0.4, 0.5) is 0 Å². The molecule has 0 saturated carbocycles. The third-order valence-electron chi connectivity index (χ3n) is 7.52. The molecule has 0 atom stereocenters. The van der Waals surface area contributed by atoms with Crippen LogP contribution in [0.1, 0.15) is 99.7 Å². The van der Waals surface area contributed by atoms with Crippen LogP contribution in [-0.2, 0) is 0 Å². The lowest BCUT2D eigenvalue weighted by Crippen LogP contribution is -2.56. The number of rotatable bonds is 5. The molecule has 0 aliphatic heterocycles. The smallest absolute Gasteiger partial charge is 0.272 e. The van der Waals surface area contributed by atoms with E-state index in [4.69, 9.17) is 16.3 Å². The molecule has 0 aliphatic rings. The van der Waals surface area contributed by atoms with Gasteiger partial charge in [0.15, 0.2) is 0 Å². The van der Waals surface area contributed by atoms with Crippen LogP contribution in [0.2, 0.25) is 5.02 Å². The summed E-state index contributed by atoms with van der Waals surface area (Å²) in [6.45, 7) is 16.9. The number of hydrazine groups is 2. The Morgan fingerprint density at radius 3 is 1.60 bits per heavy atom. The number of benzene rings is 4. The first-order valence-electron chi connectivity index (χ1n) is 16.2. The third-order valence-corrected chi connectivity index (χ3v) is 7.77. The zero-order chi connectivity index (χ0) is 37.4. The highest BCUT2D eigenvalue weighted by molar-refractivity contribution is 6.30. The van der Waals surface area contributed by atoms with Crippen LogP contribution in [0.3, 0.4) is 0 Å². The van der Waals surface area contributed by atoms with Crippen molar-refractivity contribution in [2.45, 2.75) is 73.4 Å². The number of amides is 4. The Labute approximate surface area is 300 Å². The van der Waals surface area contributed by atoms with Crippen molar-refractivity contribution in [3.05, 3.63) is 135 Å². The minimum atomic E-state index is -0.600. The highest BCUT2D eigenvalue weighted by Crippen LogP contribution is 2.23. The number of carbonyl (C=O) groups is 4. The number of halogens is 1. The quantitative estimate of drug-likeness (QED) is 0.205. The lowest BCUT2D eigenvalue weighted by molar-refractivity contribution is 0.0357. The number of hydrogen-bond acceptors (Lipinski definition) is 5. The molecule has 0 spiro atoms. The largest absolute Gasteiger partial charge is 0.496 e. The molecule has 4 rings (SSSR count). The lowest BCUT2D eigenvalue weighted by atomic mass is 10.0. The maximum atomic E-state index is 13.2. The summed E-state index contributed by atoms with van der Waals surface area (Å²) in [7, 11) is 1.56. The van der Waals surface area contributed by atoms with Crippen LogP contribution < -0.4 is 15.6 Å². The molecule has 0 bridgehead atoms. The standard InChI is InChI=1S/C22H28N2O3.C18H19ClN2O2/c1-14-11-15(2)13-17(12-14)21(26)24(22(4,5)6)23-20(25)18-9-8-10-19(27-7)16(18)3;1-18(2,3)21(17(23)14-7-5-4-6-8-14)20-16(22)13-9-11-15(19)12-10-13/h8-13H,1-7H3,(H,23,25);4-12H,1-3H3,(H,20,22). The van der Waals surface area contributed by atoms with Gasteiger partial charge in [0.2, 0.25) is 0 Å². The summed E-state index contributed by atoms with van der Waals surface area (Å²) in [5.74, 6) is -0.589. The first-order valence-corrected chi connectivity index (χ1v) is 16.5. The first-order chi connectivity index (χ1) is 23.3. The fourth-order valence-corrected chi connectivity index (χ4v) is 5.12. The molecule has 4 aromatic carbocycles. The van der Waals surface area contributed by atoms with Crippen molar-refractivity contribution in [1.29, 1.82) is 0 Å². The molecule has 0 saturated heterocycles. The van der Waals surface area contributed by atoms with Crippen molar-refractivity contribution in [2.24, 2.45) is 0 Å². The minimum Gasteiger partial charge on any atom is -0.496 e. The Kier molecular flexibility index (Phi) is 13.0. The van der Waals surface area contributed by atoms with Gasteiger partial charge >= 0.3 is 0 Å². The second-order valence-corrected chi connectivity index (χ2v) is 14.3. The molecule has 0 aliphatic carbocycles. The third kappa shape index (κ3) is 10.4. The minimum absolute atomic E-state index is 0.247. The number of nitrogens with one attached hydrogen (secondary N) is 2. The van der Waals surface area contributed by atoms with Crippen molar-refractivity contribution >= 4 is 35.2 Å². The molecule has 0 fully saturated rings. The predicted octanol–water partition coefficient (Wildman–Crippen LogP) is 8.13. The van der Waals surface area contributed by atoms with Gasteiger partial charge in [0.05, 0.1) is 18.2 Å². The van der Waals surface area contributed by atoms with E-state index in [0.717, 1.165) is 16.7 Å². The monoisotopic (exact) mass is 698 g/mol. The molecule has 0 radical (unpaired) electrons. The van der Waals surface area contributed by atoms with Crippen LogP contribution in [-0.4, -0.2) is 51.8 Å². The van der Waals surface area contributed by atoms with E-state index in [2.05, 4.69) is 10.9 Å². The van der Waals surface area contributed by atoms with Crippen molar-refractivity contribution < 1.29 is 23.9 Å². The average Bonchev–Trinajstić information content (AvgIpc) is 3.05. The molecule has 0 aromatic heterocycles. The van der Waals surface area contributed by atoms with E-state index in [-0.39, 0.29) is 23.6 Å². The van der Waals surface area contributed by atoms with Gasteiger partial charge in [-0.1, -0.05) is 53.1 Å². The lowest BCUT2D eigenvalue weighted by Gasteiger charge is -2.35. The summed E-state index contributed by atoms with van der Waals surface area (Å²) >= 11 is 5.83. The summed E-state index contributed by atoms with van der Waals surface area (Å²) in [4.78, 5) is 51.2. The van der Waals surface area contributed by atoms with Crippen LogP contribution in [0.5, 0.6) is 5.75 Å². The number of ether oxygens (including phenoxy) is 1. The Bertz CT molecular complexity index is 1810. The number of methoxy groups -OCH3 is 1. The Morgan fingerprint density at radius 1 is 0.600 bits per heavy atom. The Hall–Kier alpha value is -5.15. The molecular formula is C40H47ClN4O5. The van der Waals surface area contributed by atoms with Crippen molar-refractivity contribution in [3.63, 3.8) is 0 Å². The molecule has 50 heavy (non-hydrogen) atoms. The van der Waals surface area contributed by atoms with E-state index >= 15 is 0 Å². The van der Waals surface area contributed by atoms with E-state index in [1.54, 1.807) is 73.8 Å². The Balaban J connectivity index is 0.000000274. The van der Waals surface area contributed by atoms with Crippen LogP contribution >= 0.6 is 11.6 Å². The van der Waals surface area contributed by atoms with E-state index in [0.29, 0.717) is 33.0 Å². The molecule has 264 valence electrons. The summed E-state index contributed by atoms with van der Waals surface area (Å²) in [5, 5.41) is 3.29. The van der Waals surface area contributed by atoms with Crippen molar-refractivity contribution in [3.8, 4) is 5.75 Å². The molecule has 9 nitrogen and oxygen atoms in total. The van der Waals surface area contributed by atoms with Gasteiger partial charge < -0.3 is 4.74 Å². The maximum Gasteiger partial charge on any atom is 0.272 e. The zero-order valence-electron chi connectivity index (χ0n) is 30.5. The number of aryl methyl sites for hydroxylation is 2. The second-order valence-electron chi connectivity index (χ2n) is 13.9. The van der Waals surface area contributed by atoms with Crippen LogP contribution in [0.25, 0.3) is 0 Å². The zero-order valence-corrected chi connectivity index (χ0v) is 31.2. The molecule has 0 unspecified atom stereocenters. The van der Waals surface area contributed by atoms with Gasteiger partial charge in [-0.2, -0.15) is 0 Å². The molecule has 0 heterocycles. The van der Waals surface area contributed by atoms with E-state index in [1.165, 1.54) is 10.0 Å². The van der Waals surface area contributed by atoms with Crippen LogP contribution in [0.15, 0.2) is 91.0 Å². The van der Waals surface area contributed by atoms with Gasteiger partial charge in [0, 0.05) is 32.8 Å². The summed E-state index contributed by atoms with van der Waals surface area (Å²) in [6.07, 6.45) is 0. The van der Waals surface area contributed by atoms with Crippen molar-refractivity contribution in [1.82, 2.24) is 20.9 Å². The van der Waals surface area contributed by atoms with Gasteiger partial charge in [-0.05, 0) is 123 Å². The molecule has 10 heteroatoms. The molecule has 4 amide bonds. The van der Waals surface area contributed by atoms with Gasteiger partial charge in [-0.3, -0.25) is 30.0 Å². The normalized spacial score (nSPS) is 11.0. The topological polar surface area (TPSA) is 108 Å². The SMILES string of the molecule is CC(C)(C)N(NC(=O)c1ccc(Cl)cc1)C(=O)c1ccccc1.COc1cccc(C(=O)NN(C(=O)c2cc(C)cc(C)c2)C(C)(C)C)c1C. The number of hydrogen-bond donors (Lipinski definition) is 2. The van der Waals surface area contributed by atoms with Gasteiger partial charge in [-0.15, -0.1) is 0 Å². The molecule has 2 N–H and O–H groups in total. The number of nitrogens with zero attached hydrogens (tertiary/aromatic N) is 2. The van der Waals surface area contributed by atoms with Gasteiger partial charge in [0.25, 0.3) is 23.6 Å². The average molecular weight is 699 g/mol. The molecular weight excluding hydrogens is 652 g/mol. The Morgan fingerprint density at radius 2 is 1.10 bits per heavy atom. The maximum absolute atomic E-state index is 13.2. The fourth-order valence-electron chi connectivity index (χ4n) is 4.99. The summed E-state index contributed by atoms with van der Waals surface area (Å²) in [6, 6.07) is 26.3. The van der Waals surface area contributed by atoms with E-state index in [1.807, 2.05) is 86.6 Å². The summed E-state index contributed by atoms with van der Waals surface area (Å²) in [5.41, 5.74) is 9.00. The number of carbonyl (C=O) groups excluding carboxylic acids is 4. The van der Waals surface area contributed by atoms with Crippen LogP contribution in [0, 0.1) is 20.8 Å². The first kappa shape index (κ1) is 39.3. The van der Waals surface area contributed by atoms with E-state index in [9.17, 15) is 19.2 Å². The molecule has 4 aromatic rings. The van der Waals surface area contributed by atoms with Crippen molar-refractivity contribution in [2.75, 3.05) is 7.11 Å². The van der Waals surface area contributed by atoms with Gasteiger partial charge in [0.1, 0.15) is 5.75 Å². The summed E-state index contributed by atoms with van der Waals surface area (Å²) < 4.78 is 5.29. The van der Waals surface area contributed by atoms with Gasteiger partial charge in [-0.25, -0.2) is 10.0 Å². The highest BCUT2D eigenvalue weighted by Gasteiger charge is 2.31.